The van der Waals surface area contributed by atoms with Gasteiger partial charge in [0.2, 0.25) is 0 Å². The Morgan fingerprint density at radius 2 is 0.877 bits per heavy atom. The molecule has 4 heterocycles. The molecule has 5 heteroatoms. The van der Waals surface area contributed by atoms with Gasteiger partial charge in [0.25, 0.3) is 0 Å². The Kier molecular flexibility index (Phi) is 8.68. The summed E-state index contributed by atoms with van der Waals surface area (Å²) < 4.78 is 4.78. The van der Waals surface area contributed by atoms with E-state index in [0.717, 1.165) is 39.7 Å². The third-order valence-corrected chi connectivity index (χ3v) is 13.3. The van der Waals surface area contributed by atoms with Crippen LogP contribution in [-0.2, 0) is 0 Å². The molecule has 11 aromatic rings. The first-order valence-corrected chi connectivity index (χ1v) is 22.4. The zero-order chi connectivity index (χ0) is 42.8. The number of rotatable bonds is 6. The smallest absolute Gasteiger partial charge is 0.110 e. The molecule has 0 bridgehead atoms. The van der Waals surface area contributed by atoms with E-state index in [2.05, 4.69) is 261 Å². The number of benzene rings is 9. The second-order valence-electron chi connectivity index (χ2n) is 17.1. The van der Waals surface area contributed by atoms with Gasteiger partial charge >= 0.3 is 0 Å². The molecule has 0 saturated carbocycles. The molecular formula is C60H43N5. The number of fused-ring (bicyclic) bond motifs is 8. The zero-order valence-corrected chi connectivity index (χ0v) is 35.5. The molecule has 5 nitrogen and oxygen atoms in total. The predicted molar refractivity (Wildman–Crippen MR) is 271 cm³/mol. The SMILES string of the molecule is C1=Cc2cc3c(cc2N(C2=CC(c4ccccc4)NC(c4ccccc4)N2)c2ccc(-c4ccc5c(c4)c4ccccc4n5-c4ccccc4)cc21)c1ccccc1n3-c1ccccc1. The van der Waals surface area contributed by atoms with Gasteiger partial charge in [-0.15, -0.1) is 0 Å². The summed E-state index contributed by atoms with van der Waals surface area (Å²) in [6.07, 6.45) is 6.84. The van der Waals surface area contributed by atoms with Crippen molar-refractivity contribution >= 4 is 67.1 Å². The number of hydrogen-bond donors (Lipinski definition) is 2. The van der Waals surface area contributed by atoms with Gasteiger partial charge in [0, 0.05) is 38.5 Å². The molecule has 0 spiro atoms. The Morgan fingerprint density at radius 3 is 1.54 bits per heavy atom. The van der Waals surface area contributed by atoms with Gasteiger partial charge in [-0.3, -0.25) is 10.2 Å². The maximum atomic E-state index is 4.00. The number of hydrogen-bond acceptors (Lipinski definition) is 3. The summed E-state index contributed by atoms with van der Waals surface area (Å²) in [4.78, 5) is 2.46. The number of anilines is 2. The van der Waals surface area contributed by atoms with E-state index in [4.69, 9.17) is 0 Å². The highest BCUT2D eigenvalue weighted by molar-refractivity contribution is 6.13. The highest BCUT2D eigenvalue weighted by atomic mass is 15.3. The van der Waals surface area contributed by atoms with E-state index < -0.39 is 0 Å². The van der Waals surface area contributed by atoms with E-state index >= 15 is 0 Å². The minimum atomic E-state index is -0.141. The van der Waals surface area contributed by atoms with Crippen LogP contribution in [-0.4, -0.2) is 9.13 Å². The number of aromatic nitrogens is 2. The van der Waals surface area contributed by atoms with E-state index in [9.17, 15) is 0 Å². The molecule has 0 fully saturated rings. The average molecular weight is 834 g/mol. The second-order valence-corrected chi connectivity index (χ2v) is 17.1. The molecule has 2 atom stereocenters. The van der Waals surface area contributed by atoms with Crippen LogP contribution in [0.2, 0.25) is 0 Å². The van der Waals surface area contributed by atoms with Crippen LogP contribution in [0, 0.1) is 0 Å². The molecule has 65 heavy (non-hydrogen) atoms. The molecule has 2 aromatic heterocycles. The highest BCUT2D eigenvalue weighted by Gasteiger charge is 2.31. The van der Waals surface area contributed by atoms with Crippen molar-refractivity contribution < 1.29 is 0 Å². The molecule has 308 valence electrons. The first-order chi connectivity index (χ1) is 32.2. The summed E-state index contributed by atoms with van der Waals surface area (Å²) >= 11 is 0. The third-order valence-electron chi connectivity index (χ3n) is 13.3. The number of nitrogens with zero attached hydrogens (tertiary/aromatic N) is 3. The summed E-state index contributed by atoms with van der Waals surface area (Å²) in [5.74, 6) is 1.02. The molecule has 2 aliphatic heterocycles. The van der Waals surface area contributed by atoms with Crippen LogP contribution in [0.1, 0.15) is 34.5 Å². The van der Waals surface area contributed by atoms with Crippen molar-refractivity contribution in [3.05, 3.63) is 253 Å². The van der Waals surface area contributed by atoms with E-state index in [1.807, 2.05) is 0 Å². The van der Waals surface area contributed by atoms with E-state index in [1.54, 1.807) is 0 Å². The summed E-state index contributed by atoms with van der Waals surface area (Å²) in [5.41, 5.74) is 16.3. The summed E-state index contributed by atoms with van der Waals surface area (Å²) in [7, 11) is 0. The van der Waals surface area contributed by atoms with Gasteiger partial charge in [0.05, 0.1) is 39.5 Å². The Hall–Kier alpha value is -8.38. The van der Waals surface area contributed by atoms with Gasteiger partial charge in [-0.05, 0) is 107 Å². The van der Waals surface area contributed by atoms with Crippen LogP contribution in [0.4, 0.5) is 11.4 Å². The Morgan fingerprint density at radius 1 is 0.369 bits per heavy atom. The van der Waals surface area contributed by atoms with Crippen LogP contribution in [0.25, 0.3) is 78.3 Å². The van der Waals surface area contributed by atoms with Gasteiger partial charge in [0.15, 0.2) is 0 Å². The lowest BCUT2D eigenvalue weighted by atomic mass is 9.98. The first kappa shape index (κ1) is 37.2. The van der Waals surface area contributed by atoms with Gasteiger partial charge in [0.1, 0.15) is 12.0 Å². The predicted octanol–water partition coefficient (Wildman–Crippen LogP) is 14.6. The monoisotopic (exact) mass is 833 g/mol. The van der Waals surface area contributed by atoms with Crippen LogP contribution in [0.3, 0.4) is 0 Å². The van der Waals surface area contributed by atoms with Gasteiger partial charge in [-0.2, -0.15) is 0 Å². The van der Waals surface area contributed by atoms with Crippen LogP contribution in [0.15, 0.2) is 230 Å². The van der Waals surface area contributed by atoms with Crippen molar-refractivity contribution in [2.24, 2.45) is 0 Å². The summed E-state index contributed by atoms with van der Waals surface area (Å²) in [5, 5.41) is 12.8. The largest absolute Gasteiger partial charge is 0.352 e. The topological polar surface area (TPSA) is 37.2 Å². The molecule has 9 aromatic carbocycles. The minimum absolute atomic E-state index is 0.0477. The van der Waals surface area contributed by atoms with E-state index in [0.29, 0.717) is 0 Å². The molecule has 2 N–H and O–H groups in total. The zero-order valence-electron chi connectivity index (χ0n) is 35.5. The molecule has 2 unspecified atom stereocenters. The molecule has 13 rings (SSSR count). The van der Waals surface area contributed by atoms with E-state index in [1.165, 1.54) is 65.9 Å². The Bertz CT molecular complexity index is 3660. The first-order valence-electron chi connectivity index (χ1n) is 22.4. The van der Waals surface area contributed by atoms with Gasteiger partial charge < -0.3 is 14.5 Å². The normalized spacial score (nSPS) is 15.8. The van der Waals surface area contributed by atoms with Crippen LogP contribution in [0.5, 0.6) is 0 Å². The lowest BCUT2D eigenvalue weighted by Crippen LogP contribution is -2.44. The third kappa shape index (κ3) is 6.20. The molecule has 0 aliphatic carbocycles. The van der Waals surface area contributed by atoms with Crippen molar-refractivity contribution in [2.45, 2.75) is 12.2 Å². The standard InChI is InChI=1S/C60H43N5/c1-5-17-40(18-6-1)52-39-59(62-60(61-52)41-19-7-2-8-20-41)65-53-33-31-42(43-32-34-56-50(36-43)48-25-13-15-27-54(48)63(56)46-21-9-3-10-22-46)35-44(53)29-30-45-37-58-51(38-57(45)65)49-26-14-16-28-55(49)64(58)47-23-11-4-12-24-47/h1-39,52,60-62H. The van der Waals surface area contributed by atoms with Crippen LogP contribution >= 0.6 is 0 Å². The number of nitrogens with one attached hydrogen (secondary N) is 2. The fraction of sp³-hybridized carbons (Fsp3) is 0.0333. The molecular weight excluding hydrogens is 791 g/mol. The second kappa shape index (κ2) is 15.2. The quantitative estimate of drug-likeness (QED) is 0.175. The average Bonchev–Trinajstić information content (AvgIpc) is 3.82. The Labute approximate surface area is 377 Å². The summed E-state index contributed by atoms with van der Waals surface area (Å²) in [6.45, 7) is 0. The van der Waals surface area contributed by atoms with E-state index in [-0.39, 0.29) is 12.2 Å². The van der Waals surface area contributed by atoms with Crippen molar-refractivity contribution in [1.29, 1.82) is 0 Å². The lowest BCUT2D eigenvalue weighted by Gasteiger charge is -2.38. The number of para-hydroxylation sites is 4. The Balaban J connectivity index is 1.02. The summed E-state index contributed by atoms with van der Waals surface area (Å²) in [6, 6.07) is 79.1. The van der Waals surface area contributed by atoms with Gasteiger partial charge in [-0.25, -0.2) is 0 Å². The molecule has 0 radical (unpaired) electrons. The molecule has 0 amide bonds. The van der Waals surface area contributed by atoms with Crippen molar-refractivity contribution in [2.75, 3.05) is 4.90 Å². The maximum absolute atomic E-state index is 4.00. The molecule has 0 saturated heterocycles. The maximum Gasteiger partial charge on any atom is 0.110 e. The van der Waals surface area contributed by atoms with Crippen molar-refractivity contribution in [3.63, 3.8) is 0 Å². The molecule has 2 aliphatic rings. The fourth-order valence-electron chi connectivity index (χ4n) is 10.3. The fourth-order valence-corrected chi connectivity index (χ4v) is 10.3. The lowest BCUT2D eigenvalue weighted by molar-refractivity contribution is 0.413. The highest BCUT2D eigenvalue weighted by Crippen LogP contribution is 2.46. The minimum Gasteiger partial charge on any atom is -0.352 e. The van der Waals surface area contributed by atoms with Crippen molar-refractivity contribution in [1.82, 2.24) is 19.8 Å². The van der Waals surface area contributed by atoms with Crippen molar-refractivity contribution in [3.8, 4) is 22.5 Å². The van der Waals surface area contributed by atoms with Gasteiger partial charge in [-0.1, -0.05) is 158 Å². The van der Waals surface area contributed by atoms with Crippen LogP contribution < -0.4 is 15.5 Å².